The quantitative estimate of drug-likeness (QED) is 0.884. The summed E-state index contributed by atoms with van der Waals surface area (Å²) in [4.78, 5) is 6.69. The number of anilines is 1. The SMILES string of the molecule is CC(C)N1CCCC(Cc2ccc(NCc3cccnc3)nn2)C1. The monoisotopic (exact) mass is 325 g/mol. The molecule has 3 heterocycles. The average Bonchev–Trinajstić information content (AvgIpc) is 2.62. The van der Waals surface area contributed by atoms with Gasteiger partial charge in [0.2, 0.25) is 0 Å². The van der Waals surface area contributed by atoms with Gasteiger partial charge in [0, 0.05) is 31.5 Å². The molecule has 1 aliphatic rings. The predicted octanol–water partition coefficient (Wildman–Crippen LogP) is 3.15. The molecule has 1 saturated heterocycles. The molecule has 0 saturated carbocycles. The van der Waals surface area contributed by atoms with E-state index in [-0.39, 0.29) is 0 Å². The van der Waals surface area contributed by atoms with Gasteiger partial charge < -0.3 is 10.2 Å². The molecule has 0 bridgehead atoms. The Morgan fingerprint density at radius 2 is 2.17 bits per heavy atom. The van der Waals surface area contributed by atoms with E-state index in [9.17, 15) is 0 Å². The Bertz CT molecular complexity index is 611. The topological polar surface area (TPSA) is 53.9 Å². The summed E-state index contributed by atoms with van der Waals surface area (Å²) < 4.78 is 0. The summed E-state index contributed by atoms with van der Waals surface area (Å²) in [5.41, 5.74) is 2.23. The Kier molecular flexibility index (Phi) is 5.75. The first-order chi connectivity index (χ1) is 11.7. The molecule has 0 spiro atoms. The molecule has 1 unspecified atom stereocenters. The van der Waals surface area contributed by atoms with Crippen LogP contribution in [0.15, 0.2) is 36.7 Å². The van der Waals surface area contributed by atoms with E-state index in [1.54, 1.807) is 6.20 Å². The van der Waals surface area contributed by atoms with Crippen molar-refractivity contribution in [3.8, 4) is 0 Å². The molecule has 1 N–H and O–H groups in total. The van der Waals surface area contributed by atoms with Gasteiger partial charge in [-0.25, -0.2) is 0 Å². The average molecular weight is 325 g/mol. The zero-order valence-electron chi connectivity index (χ0n) is 14.7. The van der Waals surface area contributed by atoms with Gasteiger partial charge in [-0.05, 0) is 69.3 Å². The second kappa shape index (κ2) is 8.20. The molecule has 2 aromatic rings. The van der Waals surface area contributed by atoms with E-state index in [1.807, 2.05) is 24.4 Å². The molecular formula is C19H27N5. The Hall–Kier alpha value is -2.01. The molecule has 2 aromatic heterocycles. The minimum atomic E-state index is 0.637. The van der Waals surface area contributed by atoms with Crippen LogP contribution in [0.4, 0.5) is 5.82 Å². The zero-order chi connectivity index (χ0) is 16.8. The molecule has 128 valence electrons. The van der Waals surface area contributed by atoms with E-state index in [4.69, 9.17) is 0 Å². The van der Waals surface area contributed by atoms with Crippen molar-refractivity contribution >= 4 is 5.82 Å². The smallest absolute Gasteiger partial charge is 0.148 e. The molecule has 5 nitrogen and oxygen atoms in total. The maximum absolute atomic E-state index is 4.41. The lowest BCUT2D eigenvalue weighted by Crippen LogP contribution is -2.40. The Balaban J connectivity index is 1.51. The van der Waals surface area contributed by atoms with Gasteiger partial charge in [-0.1, -0.05) is 6.07 Å². The predicted molar refractivity (Wildman–Crippen MR) is 96.7 cm³/mol. The number of hydrogen-bond donors (Lipinski definition) is 1. The first-order valence-corrected chi connectivity index (χ1v) is 8.90. The van der Waals surface area contributed by atoms with Crippen molar-refractivity contribution < 1.29 is 0 Å². The maximum Gasteiger partial charge on any atom is 0.148 e. The third kappa shape index (κ3) is 4.74. The highest BCUT2D eigenvalue weighted by atomic mass is 15.2. The Morgan fingerprint density at radius 1 is 1.25 bits per heavy atom. The van der Waals surface area contributed by atoms with Gasteiger partial charge in [0.1, 0.15) is 5.82 Å². The first-order valence-electron chi connectivity index (χ1n) is 8.90. The number of rotatable bonds is 6. The molecule has 3 rings (SSSR count). The van der Waals surface area contributed by atoms with Crippen LogP contribution in [-0.2, 0) is 13.0 Å². The summed E-state index contributed by atoms with van der Waals surface area (Å²) in [5, 5.41) is 12.0. The largest absolute Gasteiger partial charge is 0.364 e. The highest BCUT2D eigenvalue weighted by molar-refractivity contribution is 5.34. The second-order valence-corrected chi connectivity index (χ2v) is 6.93. The molecule has 0 aliphatic carbocycles. The molecule has 0 aromatic carbocycles. The fraction of sp³-hybridized carbons (Fsp3) is 0.526. The van der Waals surface area contributed by atoms with Crippen LogP contribution in [0.2, 0.25) is 0 Å². The molecule has 1 fully saturated rings. The van der Waals surface area contributed by atoms with Gasteiger partial charge in [0.25, 0.3) is 0 Å². The minimum Gasteiger partial charge on any atom is -0.364 e. The van der Waals surface area contributed by atoms with Crippen molar-refractivity contribution in [3.05, 3.63) is 47.9 Å². The van der Waals surface area contributed by atoms with Crippen molar-refractivity contribution in [3.63, 3.8) is 0 Å². The third-order valence-corrected chi connectivity index (χ3v) is 4.69. The zero-order valence-corrected chi connectivity index (χ0v) is 14.7. The molecule has 0 amide bonds. The Labute approximate surface area is 144 Å². The van der Waals surface area contributed by atoms with E-state index in [0.29, 0.717) is 18.5 Å². The van der Waals surface area contributed by atoms with Gasteiger partial charge in [0.05, 0.1) is 5.69 Å². The number of pyridine rings is 1. The van der Waals surface area contributed by atoms with E-state index in [1.165, 1.54) is 25.9 Å². The van der Waals surface area contributed by atoms with Crippen molar-refractivity contribution in [2.45, 2.75) is 45.7 Å². The van der Waals surface area contributed by atoms with E-state index >= 15 is 0 Å². The van der Waals surface area contributed by atoms with Gasteiger partial charge in [0.15, 0.2) is 0 Å². The summed E-state index contributed by atoms with van der Waals surface area (Å²) in [7, 11) is 0. The summed E-state index contributed by atoms with van der Waals surface area (Å²) in [5.74, 6) is 1.51. The lowest BCUT2D eigenvalue weighted by Gasteiger charge is -2.35. The van der Waals surface area contributed by atoms with E-state index < -0.39 is 0 Å². The Morgan fingerprint density at radius 3 is 2.88 bits per heavy atom. The molecule has 1 atom stereocenters. The summed E-state index contributed by atoms with van der Waals surface area (Å²) in [6.45, 7) is 7.70. The lowest BCUT2D eigenvalue weighted by atomic mass is 9.92. The summed E-state index contributed by atoms with van der Waals surface area (Å²) in [6, 6.07) is 8.76. The molecule has 5 heteroatoms. The molecule has 24 heavy (non-hydrogen) atoms. The van der Waals surface area contributed by atoms with Gasteiger partial charge in [-0.3, -0.25) is 4.98 Å². The van der Waals surface area contributed by atoms with Crippen molar-refractivity contribution in [1.29, 1.82) is 0 Å². The van der Waals surface area contributed by atoms with Gasteiger partial charge in [-0.15, -0.1) is 5.10 Å². The maximum atomic E-state index is 4.41. The van der Waals surface area contributed by atoms with Crippen LogP contribution in [0.3, 0.4) is 0 Å². The highest BCUT2D eigenvalue weighted by Gasteiger charge is 2.22. The molecule has 0 radical (unpaired) electrons. The normalized spacial score (nSPS) is 18.7. The number of likely N-dealkylation sites (tertiary alicyclic amines) is 1. The van der Waals surface area contributed by atoms with Gasteiger partial charge in [-0.2, -0.15) is 5.10 Å². The van der Waals surface area contributed by atoms with Crippen molar-refractivity contribution in [1.82, 2.24) is 20.1 Å². The standard InChI is InChI=1S/C19H27N5/c1-15(2)24-10-4-6-16(14-24)11-18-7-8-19(23-22-18)21-13-17-5-3-9-20-12-17/h3,5,7-9,12,15-16H,4,6,10-11,13-14H2,1-2H3,(H,21,23). The number of piperidine rings is 1. The van der Waals surface area contributed by atoms with Crippen molar-refractivity contribution in [2.75, 3.05) is 18.4 Å². The van der Waals surface area contributed by atoms with Crippen LogP contribution in [0.1, 0.15) is 37.9 Å². The minimum absolute atomic E-state index is 0.637. The van der Waals surface area contributed by atoms with Crippen LogP contribution in [0.25, 0.3) is 0 Å². The number of aromatic nitrogens is 3. The summed E-state index contributed by atoms with van der Waals surface area (Å²) in [6.07, 6.45) is 7.26. The van der Waals surface area contributed by atoms with Crippen LogP contribution in [-0.4, -0.2) is 39.2 Å². The van der Waals surface area contributed by atoms with Crippen LogP contribution < -0.4 is 5.32 Å². The summed E-state index contributed by atoms with van der Waals surface area (Å²) >= 11 is 0. The van der Waals surface area contributed by atoms with Crippen molar-refractivity contribution in [2.24, 2.45) is 5.92 Å². The fourth-order valence-corrected chi connectivity index (χ4v) is 3.29. The molecular weight excluding hydrogens is 298 g/mol. The second-order valence-electron chi connectivity index (χ2n) is 6.93. The third-order valence-electron chi connectivity index (χ3n) is 4.69. The molecule has 1 aliphatic heterocycles. The fourth-order valence-electron chi connectivity index (χ4n) is 3.29. The van der Waals surface area contributed by atoms with Crippen LogP contribution >= 0.6 is 0 Å². The van der Waals surface area contributed by atoms with E-state index in [2.05, 4.69) is 45.3 Å². The lowest BCUT2D eigenvalue weighted by molar-refractivity contribution is 0.139. The number of nitrogens with one attached hydrogen (secondary N) is 1. The highest BCUT2D eigenvalue weighted by Crippen LogP contribution is 2.21. The van der Waals surface area contributed by atoms with Crippen LogP contribution in [0, 0.1) is 5.92 Å². The van der Waals surface area contributed by atoms with Gasteiger partial charge >= 0.3 is 0 Å². The van der Waals surface area contributed by atoms with Crippen LogP contribution in [0.5, 0.6) is 0 Å². The number of hydrogen-bond acceptors (Lipinski definition) is 5. The van der Waals surface area contributed by atoms with E-state index in [0.717, 1.165) is 23.5 Å². The number of nitrogens with zero attached hydrogens (tertiary/aromatic N) is 4. The first kappa shape index (κ1) is 16.8.